The SMILES string of the molecule is O=CC(Cl)=C(Cl)C(F)(F)F. The van der Waals surface area contributed by atoms with E-state index in [1.54, 1.807) is 0 Å². The molecule has 0 N–H and O–H groups in total. The molecule has 0 bridgehead atoms. The van der Waals surface area contributed by atoms with E-state index >= 15 is 0 Å². The van der Waals surface area contributed by atoms with Gasteiger partial charge in [-0.1, -0.05) is 23.2 Å². The molecule has 0 radical (unpaired) electrons. The summed E-state index contributed by atoms with van der Waals surface area (Å²) in [7, 11) is 0. The highest BCUT2D eigenvalue weighted by Crippen LogP contribution is 2.31. The van der Waals surface area contributed by atoms with Crippen LogP contribution in [0.15, 0.2) is 10.1 Å². The second-order valence-corrected chi connectivity index (χ2v) is 2.06. The molecule has 0 aliphatic rings. The maximum absolute atomic E-state index is 11.5. The van der Waals surface area contributed by atoms with Crippen molar-refractivity contribution in [2.24, 2.45) is 0 Å². The van der Waals surface area contributed by atoms with Gasteiger partial charge in [-0.25, -0.2) is 0 Å². The standard InChI is InChI=1S/C4HCl2F3O/c5-2(1-10)3(6)4(7,8)9/h1H. The van der Waals surface area contributed by atoms with Crippen LogP contribution in [0.5, 0.6) is 0 Å². The van der Waals surface area contributed by atoms with E-state index in [2.05, 4.69) is 11.6 Å². The van der Waals surface area contributed by atoms with E-state index in [9.17, 15) is 18.0 Å². The summed E-state index contributed by atoms with van der Waals surface area (Å²) in [6.07, 6.45) is -4.91. The Bertz CT molecular complexity index is 172. The second kappa shape index (κ2) is 3.25. The third-order valence-electron chi connectivity index (χ3n) is 0.562. The maximum atomic E-state index is 11.5. The fourth-order valence-corrected chi connectivity index (χ4v) is 0.339. The van der Waals surface area contributed by atoms with Crippen molar-refractivity contribution in [2.75, 3.05) is 0 Å². The third kappa shape index (κ3) is 2.58. The van der Waals surface area contributed by atoms with E-state index in [4.69, 9.17) is 11.6 Å². The van der Waals surface area contributed by atoms with E-state index in [-0.39, 0.29) is 6.29 Å². The lowest BCUT2D eigenvalue weighted by Crippen LogP contribution is -2.08. The van der Waals surface area contributed by atoms with Crippen LogP contribution in [0, 0.1) is 0 Å². The van der Waals surface area contributed by atoms with Crippen molar-refractivity contribution < 1.29 is 18.0 Å². The number of carbonyl (C=O) groups is 1. The summed E-state index contributed by atoms with van der Waals surface area (Å²) < 4.78 is 34.4. The summed E-state index contributed by atoms with van der Waals surface area (Å²) in [5.74, 6) is 0. The molecule has 58 valence electrons. The average Bonchev–Trinajstić information content (AvgIpc) is 1.83. The van der Waals surface area contributed by atoms with E-state index < -0.39 is 16.2 Å². The molecule has 0 fully saturated rings. The first-order chi connectivity index (χ1) is 4.39. The lowest BCUT2D eigenvalue weighted by atomic mass is 10.5. The van der Waals surface area contributed by atoms with Crippen LogP contribution in [0.2, 0.25) is 0 Å². The molecule has 0 aliphatic heterocycles. The predicted molar refractivity (Wildman–Crippen MR) is 30.9 cm³/mol. The Morgan fingerprint density at radius 3 is 1.80 bits per heavy atom. The molecule has 1 nitrogen and oxygen atoms in total. The molecule has 0 heterocycles. The molecule has 0 atom stereocenters. The van der Waals surface area contributed by atoms with Crippen LogP contribution in [-0.4, -0.2) is 12.5 Å². The monoisotopic (exact) mass is 192 g/mol. The van der Waals surface area contributed by atoms with Crippen LogP contribution < -0.4 is 0 Å². The molecule has 0 aliphatic carbocycles. The third-order valence-corrected chi connectivity index (χ3v) is 1.35. The zero-order valence-electron chi connectivity index (χ0n) is 4.38. The molecular formula is C4HCl2F3O. The molecule has 0 spiro atoms. The lowest BCUT2D eigenvalue weighted by Gasteiger charge is -2.02. The molecular weight excluding hydrogens is 192 g/mol. The number of hydrogen-bond acceptors (Lipinski definition) is 1. The van der Waals surface area contributed by atoms with Gasteiger partial charge in [0, 0.05) is 0 Å². The van der Waals surface area contributed by atoms with Gasteiger partial charge in [-0.05, 0) is 0 Å². The summed E-state index contributed by atoms with van der Waals surface area (Å²) in [5.41, 5.74) is 0. The highest BCUT2D eigenvalue weighted by molar-refractivity contribution is 6.45. The Hall–Kier alpha value is -0.220. The van der Waals surface area contributed by atoms with Gasteiger partial charge in [-0.3, -0.25) is 4.79 Å². The first kappa shape index (κ1) is 9.78. The summed E-state index contributed by atoms with van der Waals surface area (Å²) in [5, 5.41) is -2.63. The zero-order chi connectivity index (χ0) is 8.36. The Labute approximate surface area is 64.4 Å². The second-order valence-electron chi connectivity index (χ2n) is 1.28. The molecule has 0 saturated carbocycles. The van der Waals surface area contributed by atoms with E-state index in [0.29, 0.717) is 0 Å². The average molecular weight is 193 g/mol. The van der Waals surface area contributed by atoms with Crippen molar-refractivity contribution in [2.45, 2.75) is 6.18 Å². The minimum atomic E-state index is -4.74. The Morgan fingerprint density at radius 2 is 1.70 bits per heavy atom. The molecule has 6 heteroatoms. The molecule has 0 aromatic rings. The van der Waals surface area contributed by atoms with Crippen LogP contribution >= 0.6 is 23.2 Å². The van der Waals surface area contributed by atoms with Crippen LogP contribution in [0.1, 0.15) is 0 Å². The Kier molecular flexibility index (Phi) is 3.18. The van der Waals surface area contributed by atoms with E-state index in [0.717, 1.165) is 0 Å². The highest BCUT2D eigenvalue weighted by atomic mass is 35.5. The minimum absolute atomic E-state index is 0.169. The topological polar surface area (TPSA) is 17.1 Å². The van der Waals surface area contributed by atoms with Gasteiger partial charge in [-0.15, -0.1) is 0 Å². The molecule has 10 heavy (non-hydrogen) atoms. The van der Waals surface area contributed by atoms with E-state index in [1.807, 2.05) is 0 Å². The highest BCUT2D eigenvalue weighted by Gasteiger charge is 2.34. The van der Waals surface area contributed by atoms with Crippen molar-refractivity contribution in [1.82, 2.24) is 0 Å². The quantitative estimate of drug-likeness (QED) is 0.461. The van der Waals surface area contributed by atoms with Gasteiger partial charge in [0.2, 0.25) is 0 Å². The molecule has 0 unspecified atom stereocenters. The number of rotatable bonds is 1. The fraction of sp³-hybridized carbons (Fsp3) is 0.250. The van der Waals surface area contributed by atoms with Crippen molar-refractivity contribution in [3.63, 3.8) is 0 Å². The number of halogens is 5. The molecule has 0 aromatic heterocycles. The predicted octanol–water partition coefficient (Wildman–Crippen LogP) is 2.44. The van der Waals surface area contributed by atoms with Crippen molar-refractivity contribution in [3.8, 4) is 0 Å². The van der Waals surface area contributed by atoms with Crippen molar-refractivity contribution in [1.29, 1.82) is 0 Å². The summed E-state index contributed by atoms with van der Waals surface area (Å²) in [6.45, 7) is 0. The Morgan fingerprint density at radius 1 is 1.30 bits per heavy atom. The van der Waals surface area contributed by atoms with Gasteiger partial charge in [-0.2, -0.15) is 13.2 Å². The van der Waals surface area contributed by atoms with Gasteiger partial charge in [0.1, 0.15) is 10.1 Å². The van der Waals surface area contributed by atoms with Gasteiger partial charge >= 0.3 is 6.18 Å². The normalized spacial score (nSPS) is 14.5. The van der Waals surface area contributed by atoms with Crippen LogP contribution in [0.3, 0.4) is 0 Å². The van der Waals surface area contributed by atoms with Crippen molar-refractivity contribution in [3.05, 3.63) is 10.1 Å². The fourth-order valence-electron chi connectivity index (χ4n) is 0.187. The first-order valence-electron chi connectivity index (χ1n) is 1.97. The number of carbonyl (C=O) groups excluding carboxylic acids is 1. The summed E-state index contributed by atoms with van der Waals surface area (Å²) >= 11 is 9.36. The van der Waals surface area contributed by atoms with Gasteiger partial charge in [0.25, 0.3) is 0 Å². The minimum Gasteiger partial charge on any atom is -0.297 e. The molecule has 0 saturated heterocycles. The zero-order valence-corrected chi connectivity index (χ0v) is 5.89. The van der Waals surface area contributed by atoms with Crippen LogP contribution in [0.4, 0.5) is 13.2 Å². The summed E-state index contributed by atoms with van der Waals surface area (Å²) in [6, 6.07) is 0. The largest absolute Gasteiger partial charge is 0.428 e. The van der Waals surface area contributed by atoms with Crippen LogP contribution in [-0.2, 0) is 4.79 Å². The lowest BCUT2D eigenvalue weighted by molar-refractivity contribution is -0.106. The van der Waals surface area contributed by atoms with Crippen LogP contribution in [0.25, 0.3) is 0 Å². The van der Waals surface area contributed by atoms with E-state index in [1.165, 1.54) is 0 Å². The number of aldehydes is 1. The molecule has 0 amide bonds. The number of hydrogen-bond donors (Lipinski definition) is 0. The Balaban J connectivity index is 4.63. The number of alkyl halides is 3. The molecule has 0 aromatic carbocycles. The van der Waals surface area contributed by atoms with Gasteiger partial charge < -0.3 is 0 Å². The van der Waals surface area contributed by atoms with Crippen molar-refractivity contribution >= 4 is 29.5 Å². The van der Waals surface area contributed by atoms with Gasteiger partial charge in [0.15, 0.2) is 6.29 Å². The summed E-state index contributed by atoms with van der Waals surface area (Å²) in [4.78, 5) is 9.62. The maximum Gasteiger partial charge on any atom is 0.428 e. The smallest absolute Gasteiger partial charge is 0.297 e. The number of allylic oxidation sites excluding steroid dienone is 2. The molecule has 0 rings (SSSR count). The first-order valence-corrected chi connectivity index (χ1v) is 2.73. The van der Waals surface area contributed by atoms with Gasteiger partial charge in [0.05, 0.1) is 0 Å².